The number of nitrogens with one attached hydrogen (secondary N) is 2. The molecule has 3 unspecified atom stereocenters. The van der Waals surface area contributed by atoms with Crippen molar-refractivity contribution in [2.75, 3.05) is 25.4 Å². The molecule has 0 aromatic heterocycles. The van der Waals surface area contributed by atoms with Gasteiger partial charge in [-0.1, -0.05) is 19.3 Å². The van der Waals surface area contributed by atoms with E-state index in [-0.39, 0.29) is 24.7 Å². The summed E-state index contributed by atoms with van der Waals surface area (Å²) in [6.45, 7) is 0.889. The average Bonchev–Trinajstić information content (AvgIpc) is 2.99. The van der Waals surface area contributed by atoms with Crippen LogP contribution in [0.1, 0.15) is 44.9 Å². The molecule has 0 bridgehead atoms. The Kier molecular flexibility index (Phi) is 6.87. The molecule has 4 N–H and O–H groups in total. The fraction of sp³-hybridized carbons (Fsp3) is 0.933. The van der Waals surface area contributed by atoms with Gasteiger partial charge in [0.25, 0.3) is 0 Å². The lowest BCUT2D eigenvalue weighted by molar-refractivity contribution is -0.123. The van der Waals surface area contributed by atoms with Gasteiger partial charge in [-0.15, -0.1) is 0 Å². The van der Waals surface area contributed by atoms with Crippen molar-refractivity contribution in [2.45, 2.75) is 57.1 Å². The van der Waals surface area contributed by atoms with Gasteiger partial charge in [-0.2, -0.15) is 0 Å². The highest BCUT2D eigenvalue weighted by Crippen LogP contribution is 2.45. The van der Waals surface area contributed by atoms with Gasteiger partial charge in [0.05, 0.1) is 18.3 Å². The molecule has 0 spiro atoms. The Hall–Kier alpha value is -0.420. The summed E-state index contributed by atoms with van der Waals surface area (Å²) in [5.74, 6) is 0.186. The van der Waals surface area contributed by atoms with Gasteiger partial charge in [-0.25, -0.2) is 0 Å². The third kappa shape index (κ3) is 5.99. The molecule has 3 atom stereocenters. The lowest BCUT2D eigenvalue weighted by Gasteiger charge is -2.25. The molecule has 0 radical (unpaired) electrons. The number of amides is 1. The van der Waals surface area contributed by atoms with E-state index < -0.39 is 13.5 Å². The molecule has 0 aromatic carbocycles. The second-order valence-corrected chi connectivity index (χ2v) is 9.19. The summed E-state index contributed by atoms with van der Waals surface area (Å²) in [6, 6.07) is -0.185. The van der Waals surface area contributed by atoms with Gasteiger partial charge in [-0.05, 0) is 38.1 Å². The van der Waals surface area contributed by atoms with Gasteiger partial charge in [0.2, 0.25) is 13.3 Å². The van der Waals surface area contributed by atoms with Crippen molar-refractivity contribution in [3.05, 3.63) is 0 Å². The summed E-state index contributed by atoms with van der Waals surface area (Å²) < 4.78 is 12.3. The van der Waals surface area contributed by atoms with Gasteiger partial charge in [0.15, 0.2) is 0 Å². The van der Waals surface area contributed by atoms with Gasteiger partial charge < -0.3 is 20.6 Å². The predicted octanol–water partition coefficient (Wildman–Crippen LogP) is 1.07. The molecule has 1 aliphatic heterocycles. The van der Waals surface area contributed by atoms with Crippen molar-refractivity contribution in [1.29, 1.82) is 0 Å². The van der Waals surface area contributed by atoms with Gasteiger partial charge >= 0.3 is 0 Å². The summed E-state index contributed by atoms with van der Waals surface area (Å²) in [5.41, 5.74) is 0. The van der Waals surface area contributed by atoms with Crippen LogP contribution in [-0.2, 0) is 9.36 Å². The second kappa shape index (κ2) is 8.44. The number of aliphatic hydroxyl groups excluding tert-OH is 1. The smallest absolute Gasteiger partial charge is 0.237 e. The molecule has 2 fully saturated rings. The van der Waals surface area contributed by atoms with Crippen molar-refractivity contribution in [3.63, 3.8) is 0 Å². The summed E-state index contributed by atoms with van der Waals surface area (Å²) in [4.78, 5) is 21.9. The maximum absolute atomic E-state index is 12.3. The van der Waals surface area contributed by atoms with Gasteiger partial charge in [-0.3, -0.25) is 9.36 Å². The SMILES string of the molecule is O=C(NCC(O)CP(=O)(O)CC1CCCCC1)C1CCCN1. The molecular weight excluding hydrogens is 303 g/mol. The molecule has 0 aromatic rings. The van der Waals surface area contributed by atoms with Crippen LogP contribution in [-0.4, -0.2) is 53.5 Å². The first kappa shape index (κ1) is 17.9. The highest BCUT2D eigenvalue weighted by atomic mass is 31.2. The molecule has 1 aliphatic carbocycles. The second-order valence-electron chi connectivity index (χ2n) is 6.76. The number of aliphatic hydroxyl groups is 1. The highest BCUT2D eigenvalue weighted by molar-refractivity contribution is 7.58. The van der Waals surface area contributed by atoms with E-state index in [1.165, 1.54) is 6.42 Å². The lowest BCUT2D eigenvalue weighted by atomic mass is 9.91. The Morgan fingerprint density at radius 3 is 2.59 bits per heavy atom. The number of carbonyl (C=O) groups excluding carboxylic acids is 1. The summed E-state index contributed by atoms with van der Waals surface area (Å²) in [6.07, 6.45) is 6.55. The van der Waals surface area contributed by atoms with Crippen LogP contribution < -0.4 is 10.6 Å². The Bertz CT molecular complexity index is 406. The Labute approximate surface area is 132 Å². The topological polar surface area (TPSA) is 98.7 Å². The van der Waals surface area contributed by atoms with E-state index in [9.17, 15) is 19.4 Å². The number of hydrogen-bond acceptors (Lipinski definition) is 4. The summed E-state index contributed by atoms with van der Waals surface area (Å²) in [7, 11) is -3.32. The Balaban J connectivity index is 1.69. The molecule has 2 rings (SSSR count). The first-order chi connectivity index (χ1) is 10.5. The van der Waals surface area contributed by atoms with Crippen LogP contribution in [0.5, 0.6) is 0 Å². The largest absolute Gasteiger partial charge is 0.391 e. The fourth-order valence-electron chi connectivity index (χ4n) is 3.49. The number of hydrogen-bond donors (Lipinski definition) is 4. The Morgan fingerprint density at radius 1 is 1.23 bits per heavy atom. The van der Waals surface area contributed by atoms with Crippen molar-refractivity contribution >= 4 is 13.3 Å². The minimum atomic E-state index is -3.32. The number of carbonyl (C=O) groups is 1. The third-order valence-electron chi connectivity index (χ3n) is 4.65. The minimum Gasteiger partial charge on any atom is -0.391 e. The zero-order valence-corrected chi connectivity index (χ0v) is 14.1. The quantitative estimate of drug-likeness (QED) is 0.523. The van der Waals surface area contributed by atoms with Crippen LogP contribution in [0, 0.1) is 5.92 Å². The molecule has 1 saturated heterocycles. The van der Waals surface area contributed by atoms with E-state index in [4.69, 9.17) is 0 Å². The van der Waals surface area contributed by atoms with Crippen LogP contribution in [0.15, 0.2) is 0 Å². The van der Waals surface area contributed by atoms with Crippen LogP contribution in [0.4, 0.5) is 0 Å². The van der Waals surface area contributed by atoms with E-state index in [2.05, 4.69) is 10.6 Å². The van der Waals surface area contributed by atoms with Crippen LogP contribution >= 0.6 is 7.37 Å². The predicted molar refractivity (Wildman–Crippen MR) is 86.2 cm³/mol. The summed E-state index contributed by atoms with van der Waals surface area (Å²) >= 11 is 0. The van der Waals surface area contributed by atoms with E-state index in [0.717, 1.165) is 45.1 Å². The normalized spacial score (nSPS) is 27.3. The highest BCUT2D eigenvalue weighted by Gasteiger charge is 2.29. The maximum atomic E-state index is 12.3. The van der Waals surface area contributed by atoms with E-state index in [1.54, 1.807) is 0 Å². The Morgan fingerprint density at radius 2 is 1.95 bits per heavy atom. The van der Waals surface area contributed by atoms with Crippen LogP contribution in [0.3, 0.4) is 0 Å². The monoisotopic (exact) mass is 332 g/mol. The molecule has 1 heterocycles. The molecule has 1 amide bonds. The van der Waals surface area contributed by atoms with Crippen LogP contribution in [0.2, 0.25) is 0 Å². The molecular formula is C15H29N2O4P. The van der Waals surface area contributed by atoms with Crippen molar-refractivity contribution in [1.82, 2.24) is 10.6 Å². The molecule has 7 heteroatoms. The van der Waals surface area contributed by atoms with Crippen molar-refractivity contribution in [3.8, 4) is 0 Å². The van der Waals surface area contributed by atoms with Gasteiger partial charge in [0, 0.05) is 12.7 Å². The van der Waals surface area contributed by atoms with Gasteiger partial charge in [0.1, 0.15) is 0 Å². The zero-order chi connectivity index (χ0) is 16.0. The summed E-state index contributed by atoms with van der Waals surface area (Å²) in [5, 5.41) is 15.7. The number of rotatable bonds is 7. The zero-order valence-electron chi connectivity index (χ0n) is 13.2. The minimum absolute atomic E-state index is 0.0478. The molecule has 6 nitrogen and oxygen atoms in total. The van der Waals surface area contributed by atoms with E-state index in [1.807, 2.05) is 0 Å². The van der Waals surface area contributed by atoms with E-state index >= 15 is 0 Å². The van der Waals surface area contributed by atoms with Crippen molar-refractivity contribution < 1.29 is 19.4 Å². The molecule has 2 aliphatic rings. The maximum Gasteiger partial charge on any atom is 0.237 e. The van der Waals surface area contributed by atoms with Crippen molar-refractivity contribution in [2.24, 2.45) is 5.92 Å². The third-order valence-corrected chi connectivity index (χ3v) is 6.73. The first-order valence-electron chi connectivity index (χ1n) is 8.46. The lowest BCUT2D eigenvalue weighted by Crippen LogP contribution is -2.43. The van der Waals surface area contributed by atoms with E-state index in [0.29, 0.717) is 12.1 Å². The molecule has 128 valence electrons. The fourth-order valence-corrected chi connectivity index (χ4v) is 5.60. The standard InChI is InChI=1S/C15H29N2O4P/c18-13(9-17-15(19)14-7-4-8-16-14)11-22(20,21)10-12-5-2-1-3-6-12/h12-14,16,18H,1-11H2,(H,17,19)(H,20,21). The molecule has 22 heavy (non-hydrogen) atoms. The molecule has 1 saturated carbocycles. The first-order valence-corrected chi connectivity index (χ1v) is 10.5. The van der Waals surface area contributed by atoms with Crippen LogP contribution in [0.25, 0.3) is 0 Å². The average molecular weight is 332 g/mol.